The highest BCUT2D eigenvalue weighted by molar-refractivity contribution is 5.87. The van der Waals surface area contributed by atoms with Gasteiger partial charge < -0.3 is 16.0 Å². The molecule has 0 spiro atoms. The highest BCUT2D eigenvalue weighted by Crippen LogP contribution is 2.50. The van der Waals surface area contributed by atoms with Gasteiger partial charge in [0.1, 0.15) is 0 Å². The second kappa shape index (κ2) is 7.34. The van der Waals surface area contributed by atoms with E-state index < -0.39 is 0 Å². The summed E-state index contributed by atoms with van der Waals surface area (Å²) in [4.78, 5) is 27.1. The number of nitrogens with zero attached hydrogens (tertiary/aromatic N) is 1. The Kier molecular flexibility index (Phi) is 5.19. The lowest BCUT2D eigenvalue weighted by Crippen LogP contribution is -2.48. The van der Waals surface area contributed by atoms with Crippen LogP contribution in [0.2, 0.25) is 0 Å². The first-order chi connectivity index (χ1) is 11.6. The van der Waals surface area contributed by atoms with Crippen LogP contribution in [0.1, 0.15) is 31.2 Å². The molecule has 1 aliphatic carbocycles. The Morgan fingerprint density at radius 1 is 1.25 bits per heavy atom. The highest BCUT2D eigenvalue weighted by Gasteiger charge is 2.52. The van der Waals surface area contributed by atoms with Crippen LogP contribution in [0.3, 0.4) is 0 Å². The van der Waals surface area contributed by atoms with Crippen LogP contribution in [0.15, 0.2) is 30.3 Å². The largest absolute Gasteiger partial charge is 0.355 e. The summed E-state index contributed by atoms with van der Waals surface area (Å²) in [5.41, 5.74) is 6.44. The molecule has 1 saturated heterocycles. The fourth-order valence-corrected chi connectivity index (χ4v) is 3.65. The van der Waals surface area contributed by atoms with Crippen molar-refractivity contribution in [2.75, 3.05) is 26.2 Å². The van der Waals surface area contributed by atoms with E-state index in [1.54, 1.807) is 0 Å². The molecule has 3 rings (SSSR count). The molecule has 1 unspecified atom stereocenters. The van der Waals surface area contributed by atoms with Crippen LogP contribution in [0.25, 0.3) is 0 Å². The quantitative estimate of drug-likeness (QED) is 0.826. The van der Waals surface area contributed by atoms with E-state index in [2.05, 4.69) is 17.4 Å². The van der Waals surface area contributed by atoms with Gasteiger partial charge in [-0.2, -0.15) is 0 Å². The van der Waals surface area contributed by atoms with Crippen molar-refractivity contribution in [1.29, 1.82) is 0 Å². The number of hydrogen-bond acceptors (Lipinski definition) is 3. The fourth-order valence-electron chi connectivity index (χ4n) is 3.65. The van der Waals surface area contributed by atoms with E-state index in [9.17, 15) is 9.59 Å². The first-order valence-corrected chi connectivity index (χ1v) is 8.96. The third-order valence-corrected chi connectivity index (χ3v) is 5.22. The number of benzene rings is 1. The zero-order valence-electron chi connectivity index (χ0n) is 14.2. The number of amides is 2. The van der Waals surface area contributed by atoms with Gasteiger partial charge in [-0.05, 0) is 37.7 Å². The SMILES string of the molecule is NCCNC(=O)C1CCCN(C(=O)C2(Cc3ccccc3)CC2)C1. The minimum absolute atomic E-state index is 0.0332. The molecule has 1 aliphatic heterocycles. The van der Waals surface area contributed by atoms with Crippen LogP contribution in [-0.2, 0) is 16.0 Å². The van der Waals surface area contributed by atoms with Gasteiger partial charge in [0.25, 0.3) is 0 Å². The summed E-state index contributed by atoms with van der Waals surface area (Å²) in [7, 11) is 0. The molecule has 1 atom stereocenters. The Morgan fingerprint density at radius 2 is 2.00 bits per heavy atom. The lowest BCUT2D eigenvalue weighted by Gasteiger charge is -2.34. The molecule has 24 heavy (non-hydrogen) atoms. The lowest BCUT2D eigenvalue weighted by atomic mass is 9.91. The standard InChI is InChI=1S/C19H27N3O2/c20-10-11-21-17(23)16-7-4-12-22(14-16)18(24)19(8-9-19)13-15-5-2-1-3-6-15/h1-3,5-6,16H,4,7-14,20H2,(H,21,23). The summed E-state index contributed by atoms with van der Waals surface area (Å²) in [5.74, 6) is 0.176. The Balaban J connectivity index is 1.61. The van der Waals surface area contributed by atoms with Crippen LogP contribution >= 0.6 is 0 Å². The highest BCUT2D eigenvalue weighted by atomic mass is 16.2. The van der Waals surface area contributed by atoms with Gasteiger partial charge in [0.05, 0.1) is 11.3 Å². The molecule has 1 aromatic rings. The molecule has 2 fully saturated rings. The summed E-state index contributed by atoms with van der Waals surface area (Å²) < 4.78 is 0. The Morgan fingerprint density at radius 3 is 2.67 bits per heavy atom. The number of nitrogens with two attached hydrogens (primary N) is 1. The van der Waals surface area contributed by atoms with Gasteiger partial charge in [-0.25, -0.2) is 0 Å². The molecular weight excluding hydrogens is 302 g/mol. The van der Waals surface area contributed by atoms with Gasteiger partial charge in [-0.1, -0.05) is 30.3 Å². The number of likely N-dealkylation sites (tertiary alicyclic amines) is 1. The molecule has 0 radical (unpaired) electrons. The number of piperidine rings is 1. The van der Waals surface area contributed by atoms with Crippen molar-refractivity contribution in [3.8, 4) is 0 Å². The molecule has 1 aromatic carbocycles. The predicted octanol–water partition coefficient (Wildman–Crippen LogP) is 1.32. The van der Waals surface area contributed by atoms with Gasteiger partial charge in [-0.3, -0.25) is 9.59 Å². The first-order valence-electron chi connectivity index (χ1n) is 8.96. The summed E-state index contributed by atoms with van der Waals surface area (Å²) in [6.45, 7) is 2.27. The van der Waals surface area contributed by atoms with Crippen LogP contribution in [-0.4, -0.2) is 42.9 Å². The first kappa shape index (κ1) is 17.0. The van der Waals surface area contributed by atoms with Crippen molar-refractivity contribution in [1.82, 2.24) is 10.2 Å². The third-order valence-electron chi connectivity index (χ3n) is 5.22. The normalized spacial score (nSPS) is 22.0. The Labute approximate surface area is 143 Å². The summed E-state index contributed by atoms with van der Waals surface area (Å²) in [6.07, 6.45) is 4.48. The lowest BCUT2D eigenvalue weighted by molar-refractivity contribution is -0.140. The molecule has 2 aliphatic rings. The molecule has 5 nitrogen and oxygen atoms in total. The zero-order valence-corrected chi connectivity index (χ0v) is 14.2. The van der Waals surface area contributed by atoms with E-state index in [4.69, 9.17) is 5.73 Å². The molecule has 3 N–H and O–H groups in total. The van der Waals surface area contributed by atoms with Crippen molar-refractivity contribution >= 4 is 11.8 Å². The molecule has 0 aromatic heterocycles. The van der Waals surface area contributed by atoms with Crippen LogP contribution < -0.4 is 11.1 Å². The second-order valence-corrected chi connectivity index (χ2v) is 7.11. The van der Waals surface area contributed by atoms with Crippen molar-refractivity contribution in [3.05, 3.63) is 35.9 Å². The van der Waals surface area contributed by atoms with E-state index in [0.717, 1.165) is 38.6 Å². The average molecular weight is 329 g/mol. The van der Waals surface area contributed by atoms with E-state index in [1.165, 1.54) is 5.56 Å². The van der Waals surface area contributed by atoms with Gasteiger partial charge in [0, 0.05) is 26.2 Å². The van der Waals surface area contributed by atoms with E-state index in [0.29, 0.717) is 19.6 Å². The minimum Gasteiger partial charge on any atom is -0.355 e. The van der Waals surface area contributed by atoms with Crippen LogP contribution in [0.5, 0.6) is 0 Å². The Bertz CT molecular complexity index is 584. The summed E-state index contributed by atoms with van der Waals surface area (Å²) in [6, 6.07) is 10.2. The van der Waals surface area contributed by atoms with Crippen molar-refractivity contribution in [2.45, 2.75) is 32.1 Å². The van der Waals surface area contributed by atoms with E-state index in [1.807, 2.05) is 23.1 Å². The van der Waals surface area contributed by atoms with Crippen molar-refractivity contribution < 1.29 is 9.59 Å². The maximum Gasteiger partial charge on any atom is 0.229 e. The number of carbonyl (C=O) groups excluding carboxylic acids is 2. The van der Waals surface area contributed by atoms with Gasteiger partial charge in [0.15, 0.2) is 0 Å². The van der Waals surface area contributed by atoms with Gasteiger partial charge >= 0.3 is 0 Å². The third kappa shape index (κ3) is 3.78. The maximum absolute atomic E-state index is 13.0. The fraction of sp³-hybridized carbons (Fsp3) is 0.579. The molecule has 130 valence electrons. The zero-order chi connectivity index (χ0) is 17.0. The topological polar surface area (TPSA) is 75.4 Å². The number of nitrogens with one attached hydrogen (secondary N) is 1. The van der Waals surface area contributed by atoms with Crippen molar-refractivity contribution in [2.24, 2.45) is 17.1 Å². The predicted molar refractivity (Wildman–Crippen MR) is 93.2 cm³/mol. The summed E-state index contributed by atoms with van der Waals surface area (Å²) >= 11 is 0. The molecular formula is C19H27N3O2. The smallest absolute Gasteiger partial charge is 0.229 e. The van der Waals surface area contributed by atoms with Gasteiger partial charge in [-0.15, -0.1) is 0 Å². The molecule has 2 amide bonds. The molecule has 1 saturated carbocycles. The minimum atomic E-state index is -0.225. The molecule has 0 bridgehead atoms. The number of rotatable bonds is 6. The monoisotopic (exact) mass is 329 g/mol. The second-order valence-electron chi connectivity index (χ2n) is 7.11. The maximum atomic E-state index is 13.0. The van der Waals surface area contributed by atoms with Gasteiger partial charge in [0.2, 0.25) is 11.8 Å². The number of carbonyl (C=O) groups is 2. The number of hydrogen-bond donors (Lipinski definition) is 2. The summed E-state index contributed by atoms with van der Waals surface area (Å²) in [5, 5.41) is 2.85. The average Bonchev–Trinajstić information content (AvgIpc) is 3.40. The molecule has 1 heterocycles. The van der Waals surface area contributed by atoms with Crippen LogP contribution in [0.4, 0.5) is 0 Å². The Hall–Kier alpha value is -1.88. The molecule has 5 heteroatoms. The van der Waals surface area contributed by atoms with Crippen molar-refractivity contribution in [3.63, 3.8) is 0 Å². The van der Waals surface area contributed by atoms with Crippen LogP contribution in [0, 0.1) is 11.3 Å². The van der Waals surface area contributed by atoms with E-state index >= 15 is 0 Å². The van der Waals surface area contributed by atoms with E-state index in [-0.39, 0.29) is 23.1 Å².